The second-order valence-corrected chi connectivity index (χ2v) is 6.67. The van der Waals surface area contributed by atoms with E-state index in [-0.39, 0.29) is 5.92 Å². The van der Waals surface area contributed by atoms with Gasteiger partial charge in [-0.2, -0.15) is 0 Å². The molecule has 1 amide bonds. The van der Waals surface area contributed by atoms with Crippen molar-refractivity contribution in [3.8, 4) is 0 Å². The first-order chi connectivity index (χ1) is 11.8. The molecule has 0 bridgehead atoms. The molecule has 24 heavy (non-hydrogen) atoms. The highest BCUT2D eigenvalue weighted by atomic mass is 16.2. The fraction of sp³-hybridized carbons (Fsp3) is 0.421. The van der Waals surface area contributed by atoms with Crippen molar-refractivity contribution in [2.75, 3.05) is 31.1 Å². The number of pyridine rings is 2. The molecule has 2 aromatic heterocycles. The maximum atomic E-state index is 12.8. The lowest BCUT2D eigenvalue weighted by atomic mass is 9.90. The quantitative estimate of drug-likeness (QED) is 0.870. The van der Waals surface area contributed by atoms with E-state index >= 15 is 0 Å². The average molecular weight is 322 g/mol. The summed E-state index contributed by atoms with van der Waals surface area (Å²) in [6, 6.07) is 11.9. The number of amides is 1. The molecule has 0 radical (unpaired) electrons. The molecule has 0 unspecified atom stereocenters. The molecule has 5 heteroatoms. The van der Waals surface area contributed by atoms with Crippen LogP contribution in [0.4, 0.5) is 5.82 Å². The molecule has 5 nitrogen and oxygen atoms in total. The second-order valence-electron chi connectivity index (χ2n) is 6.67. The first kappa shape index (κ1) is 15.1. The van der Waals surface area contributed by atoms with Crippen LogP contribution >= 0.6 is 0 Å². The van der Waals surface area contributed by atoms with E-state index in [1.54, 1.807) is 0 Å². The van der Waals surface area contributed by atoms with E-state index < -0.39 is 0 Å². The number of likely N-dealkylation sites (tertiary alicyclic amines) is 1. The summed E-state index contributed by atoms with van der Waals surface area (Å²) in [7, 11) is 0. The molecule has 4 heterocycles. The predicted octanol–water partition coefficient (Wildman–Crippen LogP) is 2.32. The summed E-state index contributed by atoms with van der Waals surface area (Å²) in [5.74, 6) is 1.75. The average Bonchev–Trinajstić information content (AvgIpc) is 2.62. The third kappa shape index (κ3) is 2.98. The van der Waals surface area contributed by atoms with E-state index in [1.807, 2.05) is 47.6 Å². The summed E-state index contributed by atoms with van der Waals surface area (Å²) in [5, 5.41) is 0. The third-order valence-electron chi connectivity index (χ3n) is 5.04. The Kier molecular flexibility index (Phi) is 4.15. The maximum absolute atomic E-state index is 12.8. The Labute approximate surface area is 142 Å². The van der Waals surface area contributed by atoms with E-state index in [9.17, 15) is 4.79 Å². The van der Waals surface area contributed by atoms with Crippen LogP contribution in [0.1, 0.15) is 24.5 Å². The number of rotatable bonds is 3. The standard InChI is InChI=1S/C19H22N4O/c24-19(23-13-16(14-23)17-7-1-3-9-20-17)15-6-5-11-22(12-15)18-8-2-4-10-21-18/h1-4,7-10,15-16H,5-6,11-14H2/t15-/m1/s1. The number of aromatic nitrogens is 2. The minimum Gasteiger partial charge on any atom is -0.356 e. The van der Waals surface area contributed by atoms with Crippen LogP contribution in [0.3, 0.4) is 0 Å². The van der Waals surface area contributed by atoms with Crippen molar-refractivity contribution in [3.05, 3.63) is 54.5 Å². The SMILES string of the molecule is O=C([C@@H]1CCCN(c2ccccn2)C1)N1CC(c2ccccn2)C1. The molecule has 2 aliphatic rings. The van der Waals surface area contributed by atoms with Crippen molar-refractivity contribution in [3.63, 3.8) is 0 Å². The van der Waals surface area contributed by atoms with Crippen LogP contribution in [0.5, 0.6) is 0 Å². The molecule has 4 rings (SSSR count). The fourth-order valence-corrected chi connectivity index (χ4v) is 3.65. The summed E-state index contributed by atoms with van der Waals surface area (Å²) in [6.45, 7) is 3.36. The molecule has 0 spiro atoms. The van der Waals surface area contributed by atoms with Gasteiger partial charge in [0.2, 0.25) is 5.91 Å². The lowest BCUT2D eigenvalue weighted by molar-refractivity contribution is -0.140. The maximum Gasteiger partial charge on any atom is 0.227 e. The Morgan fingerprint density at radius 2 is 1.79 bits per heavy atom. The first-order valence-corrected chi connectivity index (χ1v) is 8.67. The number of anilines is 1. The number of carbonyl (C=O) groups excluding carboxylic acids is 1. The van der Waals surface area contributed by atoms with Crippen molar-refractivity contribution >= 4 is 11.7 Å². The van der Waals surface area contributed by atoms with Gasteiger partial charge in [0, 0.05) is 50.2 Å². The second kappa shape index (κ2) is 6.59. The minimum absolute atomic E-state index is 0.0884. The molecule has 2 saturated heterocycles. The van der Waals surface area contributed by atoms with Crippen LogP contribution in [-0.2, 0) is 4.79 Å². The normalized spacial score (nSPS) is 21.4. The molecule has 1 atom stereocenters. The number of piperidine rings is 1. The number of nitrogens with zero attached hydrogens (tertiary/aromatic N) is 4. The summed E-state index contributed by atoms with van der Waals surface area (Å²) in [5.41, 5.74) is 1.10. The fourth-order valence-electron chi connectivity index (χ4n) is 3.65. The molecule has 2 aromatic rings. The Balaban J connectivity index is 1.35. The van der Waals surface area contributed by atoms with Gasteiger partial charge in [0.25, 0.3) is 0 Å². The predicted molar refractivity (Wildman–Crippen MR) is 92.7 cm³/mol. The lowest BCUT2D eigenvalue weighted by Crippen LogP contribution is -2.53. The van der Waals surface area contributed by atoms with Crippen molar-refractivity contribution < 1.29 is 4.79 Å². The Morgan fingerprint density at radius 3 is 2.50 bits per heavy atom. The van der Waals surface area contributed by atoms with Gasteiger partial charge in [-0.3, -0.25) is 9.78 Å². The molecular weight excluding hydrogens is 300 g/mol. The van der Waals surface area contributed by atoms with E-state index in [2.05, 4.69) is 20.9 Å². The molecule has 2 fully saturated rings. The van der Waals surface area contributed by atoms with E-state index in [4.69, 9.17) is 0 Å². The van der Waals surface area contributed by atoms with Gasteiger partial charge in [-0.05, 0) is 37.1 Å². The van der Waals surface area contributed by atoms with E-state index in [0.717, 1.165) is 50.5 Å². The summed E-state index contributed by atoms with van der Waals surface area (Å²) < 4.78 is 0. The van der Waals surface area contributed by atoms with Crippen LogP contribution in [0.15, 0.2) is 48.8 Å². The van der Waals surface area contributed by atoms with E-state index in [0.29, 0.717) is 11.8 Å². The Hall–Kier alpha value is -2.43. The Morgan fingerprint density at radius 1 is 1.00 bits per heavy atom. The zero-order chi connectivity index (χ0) is 16.4. The topological polar surface area (TPSA) is 49.3 Å². The van der Waals surface area contributed by atoms with Gasteiger partial charge in [-0.1, -0.05) is 12.1 Å². The molecule has 0 N–H and O–H groups in total. The van der Waals surface area contributed by atoms with Crippen LogP contribution in [0.2, 0.25) is 0 Å². The van der Waals surface area contributed by atoms with Crippen molar-refractivity contribution in [1.82, 2.24) is 14.9 Å². The molecule has 124 valence electrons. The van der Waals surface area contributed by atoms with Gasteiger partial charge in [0.05, 0.1) is 5.92 Å². The largest absolute Gasteiger partial charge is 0.356 e. The number of hydrogen-bond acceptors (Lipinski definition) is 4. The monoisotopic (exact) mass is 322 g/mol. The minimum atomic E-state index is 0.0884. The van der Waals surface area contributed by atoms with Crippen LogP contribution in [0, 0.1) is 5.92 Å². The number of hydrogen-bond donors (Lipinski definition) is 0. The Bertz CT molecular complexity index is 685. The summed E-state index contributed by atoms with van der Waals surface area (Å²) in [4.78, 5) is 25.8. The highest BCUT2D eigenvalue weighted by Crippen LogP contribution is 2.29. The molecular formula is C19H22N4O. The number of carbonyl (C=O) groups is 1. The van der Waals surface area contributed by atoms with Gasteiger partial charge >= 0.3 is 0 Å². The third-order valence-corrected chi connectivity index (χ3v) is 5.04. The molecule has 0 aromatic carbocycles. The molecule has 0 aliphatic carbocycles. The van der Waals surface area contributed by atoms with Gasteiger partial charge in [-0.25, -0.2) is 4.98 Å². The van der Waals surface area contributed by atoms with Crippen molar-refractivity contribution in [2.45, 2.75) is 18.8 Å². The van der Waals surface area contributed by atoms with Crippen LogP contribution < -0.4 is 4.90 Å². The van der Waals surface area contributed by atoms with Crippen LogP contribution in [-0.4, -0.2) is 47.0 Å². The lowest BCUT2D eigenvalue weighted by Gasteiger charge is -2.42. The summed E-state index contributed by atoms with van der Waals surface area (Å²) >= 11 is 0. The van der Waals surface area contributed by atoms with Crippen molar-refractivity contribution in [1.29, 1.82) is 0 Å². The van der Waals surface area contributed by atoms with Gasteiger partial charge in [0.1, 0.15) is 5.82 Å². The van der Waals surface area contributed by atoms with E-state index in [1.165, 1.54) is 0 Å². The highest BCUT2D eigenvalue weighted by molar-refractivity contribution is 5.80. The van der Waals surface area contributed by atoms with Gasteiger partial charge in [-0.15, -0.1) is 0 Å². The zero-order valence-corrected chi connectivity index (χ0v) is 13.7. The first-order valence-electron chi connectivity index (χ1n) is 8.67. The molecule has 0 saturated carbocycles. The zero-order valence-electron chi connectivity index (χ0n) is 13.7. The summed E-state index contributed by atoms with van der Waals surface area (Å²) in [6.07, 6.45) is 5.66. The van der Waals surface area contributed by atoms with Gasteiger partial charge < -0.3 is 9.80 Å². The molecule has 2 aliphatic heterocycles. The van der Waals surface area contributed by atoms with Crippen molar-refractivity contribution in [2.24, 2.45) is 5.92 Å². The van der Waals surface area contributed by atoms with Gasteiger partial charge in [0.15, 0.2) is 0 Å². The van der Waals surface area contributed by atoms with Crippen LogP contribution in [0.25, 0.3) is 0 Å². The smallest absolute Gasteiger partial charge is 0.227 e. The highest BCUT2D eigenvalue weighted by Gasteiger charge is 2.37.